The molecule has 8 atom stereocenters. The highest BCUT2D eigenvalue weighted by Crippen LogP contribution is 2.73. The molecule has 2 bridgehead atoms. The minimum absolute atomic E-state index is 0.182. The van der Waals surface area contributed by atoms with Crippen molar-refractivity contribution in [2.45, 2.75) is 51.2 Å². The van der Waals surface area contributed by atoms with Crippen LogP contribution >= 0.6 is 0 Å². The van der Waals surface area contributed by atoms with Crippen LogP contribution in [-0.2, 0) is 28.7 Å². The third kappa shape index (κ3) is 3.76. The van der Waals surface area contributed by atoms with Gasteiger partial charge in [0.25, 0.3) is 0 Å². The van der Waals surface area contributed by atoms with Gasteiger partial charge in [0.05, 0.1) is 49.0 Å². The molecule has 1 saturated carbocycles. The lowest BCUT2D eigenvalue weighted by atomic mass is 9.40. The van der Waals surface area contributed by atoms with E-state index in [1.54, 1.807) is 0 Å². The molecule has 5 fully saturated rings. The van der Waals surface area contributed by atoms with E-state index < -0.39 is 35.0 Å². The van der Waals surface area contributed by atoms with Crippen molar-refractivity contribution in [1.29, 1.82) is 0 Å². The second-order valence-electron chi connectivity index (χ2n) is 13.3. The second kappa shape index (κ2) is 10.5. The Bertz CT molecular complexity index is 1480. The van der Waals surface area contributed by atoms with Gasteiger partial charge in [-0.3, -0.25) is 29.0 Å². The molecule has 0 N–H and O–H groups in total. The summed E-state index contributed by atoms with van der Waals surface area (Å²) in [6, 6.07) is 19.9. The molecular formula is C36H38N2O6. The van der Waals surface area contributed by atoms with E-state index in [2.05, 4.69) is 0 Å². The Morgan fingerprint density at radius 1 is 0.659 bits per heavy atom. The maximum absolute atomic E-state index is 14.6. The topological polar surface area (TPSA) is 93.2 Å². The monoisotopic (exact) mass is 594 g/mol. The number of hydrogen-bond acceptors (Lipinski definition) is 6. The molecule has 3 aliphatic carbocycles. The normalized spacial score (nSPS) is 36.2. The molecule has 2 aromatic carbocycles. The fourth-order valence-corrected chi connectivity index (χ4v) is 9.76. The maximum Gasteiger partial charge on any atom is 0.234 e. The summed E-state index contributed by atoms with van der Waals surface area (Å²) in [6.45, 7) is 3.72. The largest absolute Gasteiger partial charge is 0.376 e. The van der Waals surface area contributed by atoms with Gasteiger partial charge >= 0.3 is 0 Å². The highest BCUT2D eigenvalue weighted by molar-refractivity contribution is 6.17. The van der Waals surface area contributed by atoms with E-state index in [-0.39, 0.29) is 48.9 Å². The van der Waals surface area contributed by atoms with Gasteiger partial charge < -0.3 is 9.47 Å². The van der Waals surface area contributed by atoms with Crippen molar-refractivity contribution < 1.29 is 28.7 Å². The van der Waals surface area contributed by atoms with Crippen LogP contribution in [0, 0.1) is 35.0 Å². The minimum Gasteiger partial charge on any atom is -0.376 e. The van der Waals surface area contributed by atoms with Crippen LogP contribution in [0.3, 0.4) is 0 Å². The smallest absolute Gasteiger partial charge is 0.234 e. The molecule has 8 heteroatoms. The molecule has 2 unspecified atom stereocenters. The van der Waals surface area contributed by atoms with E-state index in [4.69, 9.17) is 9.47 Å². The molecule has 8 nitrogen and oxygen atoms in total. The number of benzene rings is 2. The Labute approximate surface area is 257 Å². The average molecular weight is 595 g/mol. The first-order valence-electron chi connectivity index (χ1n) is 16.3. The SMILES string of the molecule is CCC12C(c3ccccc3)=C(c3ccccc3)C([C@@H]3C(=O)N(C[C@H]4CCCO4)C(=O)[C@H]31)[C@@H]1C(=O)N(C[C@@H]3CCCO3)C(=O)[C@@H]12. The van der Waals surface area contributed by atoms with Gasteiger partial charge in [-0.1, -0.05) is 67.6 Å². The van der Waals surface area contributed by atoms with Gasteiger partial charge in [0, 0.05) is 24.5 Å². The number of rotatable bonds is 7. The molecule has 4 heterocycles. The molecular weight excluding hydrogens is 556 g/mol. The highest BCUT2D eigenvalue weighted by Gasteiger charge is 2.77. The van der Waals surface area contributed by atoms with Crippen molar-refractivity contribution >= 4 is 34.8 Å². The predicted octanol–water partition coefficient (Wildman–Crippen LogP) is 4.20. The van der Waals surface area contributed by atoms with Crippen LogP contribution in [0.15, 0.2) is 60.7 Å². The Balaban J connectivity index is 1.36. The van der Waals surface area contributed by atoms with Crippen LogP contribution in [0.4, 0.5) is 0 Å². The Morgan fingerprint density at radius 3 is 1.57 bits per heavy atom. The van der Waals surface area contributed by atoms with Crippen molar-refractivity contribution in [2.24, 2.45) is 35.0 Å². The molecule has 228 valence electrons. The zero-order valence-electron chi connectivity index (χ0n) is 25.0. The number of carbonyl (C=O) groups excluding carboxylic acids is 4. The second-order valence-corrected chi connectivity index (χ2v) is 13.3. The molecule has 44 heavy (non-hydrogen) atoms. The molecule has 4 aliphatic heterocycles. The Hall–Kier alpha value is -3.62. The van der Waals surface area contributed by atoms with E-state index in [1.807, 2.05) is 67.6 Å². The van der Waals surface area contributed by atoms with E-state index in [0.717, 1.165) is 48.0 Å². The first-order chi connectivity index (χ1) is 21.5. The van der Waals surface area contributed by atoms with Crippen molar-refractivity contribution in [3.8, 4) is 0 Å². The predicted molar refractivity (Wildman–Crippen MR) is 161 cm³/mol. The number of hydrogen-bond donors (Lipinski definition) is 0. The van der Waals surface area contributed by atoms with E-state index in [1.165, 1.54) is 9.80 Å². The summed E-state index contributed by atoms with van der Waals surface area (Å²) >= 11 is 0. The Kier molecular flexibility index (Phi) is 6.65. The zero-order valence-corrected chi connectivity index (χ0v) is 25.0. The lowest BCUT2D eigenvalue weighted by molar-refractivity contribution is -0.146. The number of likely N-dealkylation sites (tertiary alicyclic amines) is 2. The average Bonchev–Trinajstić information content (AvgIpc) is 3.86. The Morgan fingerprint density at radius 2 is 1.14 bits per heavy atom. The van der Waals surface area contributed by atoms with Gasteiger partial charge in [0.2, 0.25) is 23.6 Å². The number of amides is 4. The molecule has 2 aromatic rings. The van der Waals surface area contributed by atoms with Gasteiger partial charge in [-0.2, -0.15) is 0 Å². The summed E-state index contributed by atoms with van der Waals surface area (Å²) in [7, 11) is 0. The van der Waals surface area contributed by atoms with E-state index >= 15 is 0 Å². The van der Waals surface area contributed by atoms with Gasteiger partial charge in [-0.05, 0) is 54.4 Å². The molecule has 4 amide bonds. The highest BCUT2D eigenvalue weighted by atomic mass is 16.5. The molecule has 0 spiro atoms. The quantitative estimate of drug-likeness (QED) is 0.447. The minimum atomic E-state index is -1.04. The van der Waals surface area contributed by atoms with Crippen molar-refractivity contribution in [3.05, 3.63) is 71.8 Å². The van der Waals surface area contributed by atoms with E-state index in [9.17, 15) is 19.2 Å². The number of carbonyl (C=O) groups is 4. The van der Waals surface area contributed by atoms with Gasteiger partial charge in [-0.25, -0.2) is 0 Å². The van der Waals surface area contributed by atoms with Crippen molar-refractivity contribution in [3.63, 3.8) is 0 Å². The third-order valence-electron chi connectivity index (χ3n) is 11.4. The first-order valence-corrected chi connectivity index (χ1v) is 16.3. The van der Waals surface area contributed by atoms with Crippen molar-refractivity contribution in [2.75, 3.05) is 26.3 Å². The van der Waals surface area contributed by atoms with Crippen LogP contribution in [0.2, 0.25) is 0 Å². The van der Waals surface area contributed by atoms with Gasteiger partial charge in [-0.15, -0.1) is 0 Å². The third-order valence-corrected chi connectivity index (χ3v) is 11.4. The van der Waals surface area contributed by atoms with E-state index in [0.29, 0.717) is 19.6 Å². The zero-order chi connectivity index (χ0) is 30.2. The number of ether oxygens (including phenoxy) is 2. The number of allylic oxidation sites excluding steroid dienone is 2. The summed E-state index contributed by atoms with van der Waals surface area (Å²) in [5.41, 5.74) is 2.71. The van der Waals surface area contributed by atoms with Crippen LogP contribution < -0.4 is 0 Å². The van der Waals surface area contributed by atoms with Crippen molar-refractivity contribution in [1.82, 2.24) is 9.80 Å². The summed E-state index contributed by atoms with van der Waals surface area (Å²) in [5, 5.41) is 0. The van der Waals surface area contributed by atoms with Crippen LogP contribution in [-0.4, -0.2) is 71.9 Å². The van der Waals surface area contributed by atoms with Crippen LogP contribution in [0.1, 0.15) is 50.2 Å². The van der Waals surface area contributed by atoms with Crippen LogP contribution in [0.25, 0.3) is 11.1 Å². The summed E-state index contributed by atoms with van der Waals surface area (Å²) < 4.78 is 11.7. The van der Waals surface area contributed by atoms with Crippen LogP contribution in [0.5, 0.6) is 0 Å². The van der Waals surface area contributed by atoms with Gasteiger partial charge in [0.15, 0.2) is 0 Å². The molecule has 0 radical (unpaired) electrons. The standard InChI is InChI=1S/C36H38N2O6/c1-2-36-29(22-13-7-4-8-14-22)25(21-11-5-3-6-12-21)26(27-30(36)34(41)37(32(27)39)19-23-15-9-17-43-23)28-31(36)35(42)38(33(28)40)20-24-16-10-18-44-24/h3-8,11-14,23-24,26-28,30-31H,2,9-10,15-20H2,1H3/t23-,24+,26?,27-,28-,30+,31-,36?/m0/s1. The summed E-state index contributed by atoms with van der Waals surface area (Å²) in [4.78, 5) is 61.2. The fraction of sp³-hybridized carbons (Fsp3) is 0.500. The fourth-order valence-electron chi connectivity index (χ4n) is 9.76. The molecule has 7 aliphatic rings. The van der Waals surface area contributed by atoms with Gasteiger partial charge in [0.1, 0.15) is 0 Å². The lowest BCUT2D eigenvalue weighted by Crippen LogP contribution is -2.60. The molecule has 4 saturated heterocycles. The number of nitrogens with zero attached hydrogens (tertiary/aromatic N) is 2. The lowest BCUT2D eigenvalue weighted by Gasteiger charge is -2.59. The number of imide groups is 2. The molecule has 0 aromatic heterocycles. The molecule has 9 rings (SSSR count). The maximum atomic E-state index is 14.6. The summed E-state index contributed by atoms with van der Waals surface area (Å²) in [6.07, 6.45) is 3.50. The first kappa shape index (κ1) is 27.9. The summed E-state index contributed by atoms with van der Waals surface area (Å²) in [5.74, 6) is -4.39.